The van der Waals surface area contributed by atoms with Crippen LogP contribution in [0.3, 0.4) is 0 Å². The molecule has 0 unspecified atom stereocenters. The Morgan fingerprint density at radius 3 is 1.17 bits per heavy atom. The molecule has 12 aromatic rings. The molecule has 0 saturated carbocycles. The van der Waals surface area contributed by atoms with Gasteiger partial charge < -0.3 is 0 Å². The van der Waals surface area contributed by atoms with E-state index in [1.807, 2.05) is 48.5 Å². The highest BCUT2D eigenvalue weighted by atomic mass is 14.9. The van der Waals surface area contributed by atoms with E-state index < -0.39 is 0 Å². The maximum Gasteiger partial charge on any atom is 0.160 e. The molecule has 14 rings (SSSR count). The van der Waals surface area contributed by atoms with Gasteiger partial charge in [-0.15, -0.1) is 0 Å². The maximum atomic E-state index is 9.48. The fourth-order valence-electron chi connectivity index (χ4n) is 11.2. The first-order valence-electron chi connectivity index (χ1n) is 23.5. The highest BCUT2D eigenvalue weighted by Gasteiger charge is 2.27. The van der Waals surface area contributed by atoms with Gasteiger partial charge in [0, 0.05) is 22.1 Å². The summed E-state index contributed by atoms with van der Waals surface area (Å²) in [5.41, 5.74) is 23.5. The minimum absolute atomic E-state index is 0.625. The first-order valence-corrected chi connectivity index (χ1v) is 23.5. The van der Waals surface area contributed by atoms with Crippen molar-refractivity contribution < 1.29 is 0 Å². The van der Waals surface area contributed by atoms with Crippen molar-refractivity contribution in [1.29, 1.82) is 10.5 Å². The zero-order valence-corrected chi connectivity index (χ0v) is 37.6. The lowest BCUT2D eigenvalue weighted by Crippen LogP contribution is -1.98. The van der Waals surface area contributed by atoms with E-state index in [1.54, 1.807) is 0 Å². The van der Waals surface area contributed by atoms with Crippen molar-refractivity contribution in [2.45, 2.75) is 0 Å². The summed E-state index contributed by atoms with van der Waals surface area (Å²) in [5, 5.41) is 24.8. The fourth-order valence-corrected chi connectivity index (χ4v) is 11.2. The average molecular weight is 885 g/mol. The van der Waals surface area contributed by atoms with Crippen LogP contribution in [0.25, 0.3) is 144 Å². The summed E-state index contributed by atoms with van der Waals surface area (Å²) in [6, 6.07) is 81.7. The van der Waals surface area contributed by atoms with Gasteiger partial charge in [0.2, 0.25) is 0 Å². The number of benzene rings is 11. The Morgan fingerprint density at radius 2 is 0.671 bits per heavy atom. The zero-order chi connectivity index (χ0) is 46.5. The molecular weight excluding hydrogens is 849 g/mol. The molecule has 0 aliphatic heterocycles. The van der Waals surface area contributed by atoms with E-state index >= 15 is 0 Å². The molecule has 4 nitrogen and oxygen atoms in total. The monoisotopic (exact) mass is 884 g/mol. The van der Waals surface area contributed by atoms with Gasteiger partial charge in [-0.2, -0.15) is 10.5 Å². The van der Waals surface area contributed by atoms with Gasteiger partial charge in [0.15, 0.2) is 5.82 Å². The molecule has 1 heterocycles. The molecule has 0 amide bonds. The van der Waals surface area contributed by atoms with Gasteiger partial charge in [0.1, 0.15) is 0 Å². The Labute approximate surface area is 404 Å². The summed E-state index contributed by atoms with van der Waals surface area (Å²) in [6.07, 6.45) is 0. The van der Waals surface area contributed by atoms with Crippen LogP contribution >= 0.6 is 0 Å². The summed E-state index contributed by atoms with van der Waals surface area (Å²) >= 11 is 0. The van der Waals surface area contributed by atoms with Crippen LogP contribution in [0, 0.1) is 22.7 Å². The number of hydrogen-bond acceptors (Lipinski definition) is 4. The smallest absolute Gasteiger partial charge is 0.160 e. The molecule has 0 bridgehead atoms. The van der Waals surface area contributed by atoms with Crippen LogP contribution in [-0.4, -0.2) is 9.97 Å². The van der Waals surface area contributed by atoms with Crippen LogP contribution in [0.5, 0.6) is 0 Å². The summed E-state index contributed by atoms with van der Waals surface area (Å²) in [5.74, 6) is 0.625. The third kappa shape index (κ3) is 6.01. The predicted molar refractivity (Wildman–Crippen MR) is 285 cm³/mol. The fraction of sp³-hybridized carbons (Fsp3) is 0. The Balaban J connectivity index is 1.04. The minimum Gasteiger partial charge on any atom is -0.227 e. The highest BCUT2D eigenvalue weighted by molar-refractivity contribution is 6.22. The molecule has 0 N–H and O–H groups in total. The second kappa shape index (κ2) is 15.4. The van der Waals surface area contributed by atoms with Crippen molar-refractivity contribution in [2.75, 3.05) is 0 Å². The molecule has 0 radical (unpaired) electrons. The van der Waals surface area contributed by atoms with Crippen molar-refractivity contribution in [1.82, 2.24) is 9.97 Å². The number of nitrogens with zero attached hydrogens (tertiary/aromatic N) is 4. The van der Waals surface area contributed by atoms with Gasteiger partial charge in [0.05, 0.1) is 34.5 Å². The quantitative estimate of drug-likeness (QED) is 0.167. The van der Waals surface area contributed by atoms with E-state index in [-0.39, 0.29) is 0 Å². The first kappa shape index (κ1) is 39.4. The minimum atomic E-state index is 0.625. The van der Waals surface area contributed by atoms with Crippen molar-refractivity contribution >= 4 is 32.4 Å². The summed E-state index contributed by atoms with van der Waals surface area (Å²) < 4.78 is 0. The Morgan fingerprint density at radius 1 is 0.271 bits per heavy atom. The Hall–Kier alpha value is -9.74. The molecule has 0 atom stereocenters. The van der Waals surface area contributed by atoms with E-state index in [0.717, 1.165) is 72.2 Å². The lowest BCUT2D eigenvalue weighted by Gasteiger charge is -2.18. The molecule has 2 aliphatic carbocycles. The summed E-state index contributed by atoms with van der Waals surface area (Å²) in [7, 11) is 0. The van der Waals surface area contributed by atoms with Gasteiger partial charge in [-0.05, 0) is 141 Å². The SMILES string of the molecule is N#Cc1ccc(-c2ccc(-c3nc(-c4ccc(-c5ccc(C#N)cc5)cc4)c4cc(-c5ccc6c7c(cccc57)-c5ccccc5-6)cc(-c5ccc6c7c(cccc57)-c5ccccc5-6)c4n3)cc2)cc1. The second-order valence-electron chi connectivity index (χ2n) is 18.2. The van der Waals surface area contributed by atoms with E-state index in [1.165, 1.54) is 66.1 Å². The topological polar surface area (TPSA) is 73.4 Å². The maximum absolute atomic E-state index is 9.48. The lowest BCUT2D eigenvalue weighted by atomic mass is 9.88. The number of aromatic nitrogens is 2. The van der Waals surface area contributed by atoms with Gasteiger partial charge in [-0.25, -0.2) is 9.97 Å². The van der Waals surface area contributed by atoms with Gasteiger partial charge in [-0.1, -0.05) is 182 Å². The van der Waals surface area contributed by atoms with Crippen LogP contribution in [0.4, 0.5) is 0 Å². The van der Waals surface area contributed by atoms with Crippen molar-refractivity contribution in [2.24, 2.45) is 0 Å². The summed E-state index contributed by atoms with van der Waals surface area (Å²) in [6.45, 7) is 0. The van der Waals surface area contributed by atoms with Gasteiger partial charge in [-0.3, -0.25) is 0 Å². The van der Waals surface area contributed by atoms with E-state index in [9.17, 15) is 10.5 Å². The molecule has 0 saturated heterocycles. The third-order valence-corrected chi connectivity index (χ3v) is 14.5. The number of nitriles is 2. The van der Waals surface area contributed by atoms with Crippen LogP contribution < -0.4 is 0 Å². The molecule has 2 aliphatic rings. The van der Waals surface area contributed by atoms with Gasteiger partial charge >= 0.3 is 0 Å². The zero-order valence-electron chi connectivity index (χ0n) is 37.6. The van der Waals surface area contributed by atoms with Crippen LogP contribution in [0.15, 0.2) is 218 Å². The van der Waals surface area contributed by atoms with Crippen molar-refractivity contribution in [3.05, 3.63) is 230 Å². The number of hydrogen-bond donors (Lipinski definition) is 0. The van der Waals surface area contributed by atoms with E-state index in [2.05, 4.69) is 182 Å². The Bertz CT molecular complexity index is 4210. The highest BCUT2D eigenvalue weighted by Crippen LogP contribution is 2.52. The third-order valence-electron chi connectivity index (χ3n) is 14.5. The second-order valence-corrected chi connectivity index (χ2v) is 18.2. The largest absolute Gasteiger partial charge is 0.227 e. The van der Waals surface area contributed by atoms with Crippen molar-refractivity contribution in [3.8, 4) is 124 Å². The molecule has 0 fully saturated rings. The first-order chi connectivity index (χ1) is 34.6. The normalized spacial score (nSPS) is 11.7. The van der Waals surface area contributed by atoms with Crippen LogP contribution in [0.1, 0.15) is 11.1 Å². The van der Waals surface area contributed by atoms with E-state index in [0.29, 0.717) is 17.0 Å². The molecular formula is C66H36N4. The molecule has 11 aromatic carbocycles. The molecule has 4 heteroatoms. The van der Waals surface area contributed by atoms with Crippen LogP contribution in [0.2, 0.25) is 0 Å². The average Bonchev–Trinajstić information content (AvgIpc) is 3.94. The number of fused-ring (bicyclic) bond motifs is 7. The van der Waals surface area contributed by atoms with Crippen LogP contribution in [-0.2, 0) is 0 Å². The van der Waals surface area contributed by atoms with Crippen molar-refractivity contribution in [3.63, 3.8) is 0 Å². The number of rotatable bonds is 6. The standard InChI is InChI=1S/C66H36N4/c67-37-39-15-19-41(20-16-39)43-23-27-45(28-24-43)64-61-36-47(48-31-33-58-51-9-3-1-7-49(51)55-12-5-11-54(48)62(55)58)35-60(53-32-34-59-52-10-4-2-8-50(52)56-13-6-14-57(53)63(56)59)65(61)70-66(69-64)46-29-25-44(26-30-46)42-21-17-40(38-68)18-22-42/h1-36H. The van der Waals surface area contributed by atoms with E-state index in [4.69, 9.17) is 9.97 Å². The summed E-state index contributed by atoms with van der Waals surface area (Å²) in [4.78, 5) is 11.1. The lowest BCUT2D eigenvalue weighted by molar-refractivity contribution is 1.23. The Kier molecular flexibility index (Phi) is 8.68. The molecule has 0 spiro atoms. The van der Waals surface area contributed by atoms with Gasteiger partial charge in [0.25, 0.3) is 0 Å². The molecule has 320 valence electrons. The molecule has 1 aromatic heterocycles. The molecule has 70 heavy (non-hydrogen) atoms. The predicted octanol–water partition coefficient (Wildman–Crippen LogP) is 17.0.